The first-order valence-electron chi connectivity index (χ1n) is 8.31. The third-order valence-corrected chi connectivity index (χ3v) is 5.70. The summed E-state index contributed by atoms with van der Waals surface area (Å²) < 4.78 is 30.3. The number of methoxy groups -OCH3 is 1. The Bertz CT molecular complexity index is 1050. The molecular weight excluding hydrogens is 362 g/mol. The first kappa shape index (κ1) is 18.7. The zero-order valence-corrected chi connectivity index (χ0v) is 15.6. The molecular formula is C21H19NO4S. The second-order valence-electron chi connectivity index (χ2n) is 5.93. The number of amides is 1. The van der Waals surface area contributed by atoms with Gasteiger partial charge in [-0.3, -0.25) is 4.79 Å². The first-order valence-corrected chi connectivity index (χ1v) is 9.96. The van der Waals surface area contributed by atoms with Gasteiger partial charge in [0.25, 0.3) is 5.91 Å². The molecule has 0 fully saturated rings. The van der Waals surface area contributed by atoms with Gasteiger partial charge in [-0.2, -0.15) is 0 Å². The molecule has 3 rings (SSSR count). The van der Waals surface area contributed by atoms with E-state index in [-0.39, 0.29) is 16.6 Å². The predicted octanol–water partition coefficient (Wildman–Crippen LogP) is 3.92. The third kappa shape index (κ3) is 4.54. The number of benzene rings is 3. The fourth-order valence-electron chi connectivity index (χ4n) is 2.70. The number of rotatable bonds is 6. The minimum absolute atomic E-state index is 0.143. The van der Waals surface area contributed by atoms with Gasteiger partial charge < -0.3 is 10.1 Å². The molecule has 3 aromatic rings. The summed E-state index contributed by atoms with van der Waals surface area (Å²) in [5.74, 6) is 0.00313. The number of anilines is 1. The van der Waals surface area contributed by atoms with Crippen LogP contribution in [0.4, 0.5) is 5.69 Å². The average molecular weight is 381 g/mol. The predicted molar refractivity (Wildman–Crippen MR) is 105 cm³/mol. The maximum Gasteiger partial charge on any atom is 0.259 e. The van der Waals surface area contributed by atoms with Gasteiger partial charge in [-0.15, -0.1) is 0 Å². The Morgan fingerprint density at radius 1 is 0.926 bits per heavy atom. The average Bonchev–Trinajstić information content (AvgIpc) is 2.68. The maximum atomic E-state index is 12.5. The molecule has 0 aliphatic rings. The number of sulfone groups is 1. The fraction of sp³-hybridized carbons (Fsp3) is 0.0952. The van der Waals surface area contributed by atoms with Crippen LogP contribution in [0.3, 0.4) is 0 Å². The zero-order chi connectivity index (χ0) is 19.3. The van der Waals surface area contributed by atoms with Crippen LogP contribution in [0, 0.1) is 0 Å². The Hall–Kier alpha value is -3.12. The zero-order valence-electron chi connectivity index (χ0n) is 14.8. The second-order valence-corrected chi connectivity index (χ2v) is 7.92. The van der Waals surface area contributed by atoms with Crippen molar-refractivity contribution < 1.29 is 17.9 Å². The van der Waals surface area contributed by atoms with E-state index in [4.69, 9.17) is 4.74 Å². The normalized spacial score (nSPS) is 11.0. The molecule has 0 saturated heterocycles. The number of nitrogens with one attached hydrogen (secondary N) is 1. The Labute approximate surface area is 158 Å². The van der Waals surface area contributed by atoms with Crippen LogP contribution in [0.2, 0.25) is 0 Å². The summed E-state index contributed by atoms with van der Waals surface area (Å²) in [6.45, 7) is 0. The highest BCUT2D eigenvalue weighted by molar-refractivity contribution is 7.90. The lowest BCUT2D eigenvalue weighted by atomic mass is 10.1. The van der Waals surface area contributed by atoms with Gasteiger partial charge in [0.2, 0.25) is 0 Å². The van der Waals surface area contributed by atoms with Crippen molar-refractivity contribution in [3.8, 4) is 5.75 Å². The third-order valence-electron chi connectivity index (χ3n) is 4.00. The highest BCUT2D eigenvalue weighted by atomic mass is 32.2. The summed E-state index contributed by atoms with van der Waals surface area (Å²) >= 11 is 0. The Balaban J connectivity index is 1.79. The maximum absolute atomic E-state index is 12.5. The van der Waals surface area contributed by atoms with Crippen LogP contribution in [0.1, 0.15) is 15.9 Å². The molecule has 27 heavy (non-hydrogen) atoms. The quantitative estimate of drug-likeness (QED) is 0.702. The van der Waals surface area contributed by atoms with Crippen molar-refractivity contribution in [2.24, 2.45) is 0 Å². The number of carbonyl (C=O) groups is 1. The van der Waals surface area contributed by atoms with Gasteiger partial charge in [0.15, 0.2) is 9.84 Å². The van der Waals surface area contributed by atoms with Crippen LogP contribution < -0.4 is 10.1 Å². The molecule has 0 spiro atoms. The van der Waals surface area contributed by atoms with Gasteiger partial charge in [0.1, 0.15) is 5.75 Å². The number of ether oxygens (including phenoxy) is 1. The van der Waals surface area contributed by atoms with Crippen molar-refractivity contribution in [3.05, 3.63) is 90.0 Å². The van der Waals surface area contributed by atoms with Crippen molar-refractivity contribution >= 4 is 21.4 Å². The van der Waals surface area contributed by atoms with Crippen LogP contribution in [0.5, 0.6) is 5.75 Å². The van der Waals surface area contributed by atoms with E-state index < -0.39 is 9.84 Å². The lowest BCUT2D eigenvalue weighted by Crippen LogP contribution is -2.13. The van der Waals surface area contributed by atoms with Crippen molar-refractivity contribution in [3.63, 3.8) is 0 Å². The summed E-state index contributed by atoms with van der Waals surface area (Å²) in [7, 11) is -1.95. The van der Waals surface area contributed by atoms with E-state index in [2.05, 4.69) is 5.32 Å². The molecule has 0 heterocycles. The van der Waals surface area contributed by atoms with Gasteiger partial charge >= 0.3 is 0 Å². The van der Waals surface area contributed by atoms with Crippen molar-refractivity contribution in [1.29, 1.82) is 0 Å². The van der Waals surface area contributed by atoms with Crippen LogP contribution in [-0.4, -0.2) is 21.4 Å². The molecule has 0 bridgehead atoms. The van der Waals surface area contributed by atoms with E-state index in [1.54, 1.807) is 78.9 Å². The second kappa shape index (κ2) is 8.05. The van der Waals surface area contributed by atoms with Gasteiger partial charge in [-0.25, -0.2) is 8.42 Å². The Morgan fingerprint density at radius 3 is 2.37 bits per heavy atom. The standard InChI is InChI=1S/C21H19NO4S/c1-26-20-13-6-5-12-19(20)21(23)22-17-9-7-8-16(14-17)15-27(24,25)18-10-3-2-4-11-18/h2-14H,15H2,1H3,(H,22,23). The van der Waals surface area contributed by atoms with Crippen LogP contribution >= 0.6 is 0 Å². The molecule has 6 heteroatoms. The molecule has 0 unspecified atom stereocenters. The Morgan fingerprint density at radius 2 is 1.63 bits per heavy atom. The van der Waals surface area contributed by atoms with Crippen LogP contribution in [0.25, 0.3) is 0 Å². The van der Waals surface area contributed by atoms with Gasteiger partial charge in [-0.05, 0) is 42.0 Å². The van der Waals surface area contributed by atoms with E-state index in [0.717, 1.165) is 0 Å². The number of hydrogen-bond acceptors (Lipinski definition) is 4. The number of hydrogen-bond donors (Lipinski definition) is 1. The smallest absolute Gasteiger partial charge is 0.259 e. The topological polar surface area (TPSA) is 72.5 Å². The molecule has 0 radical (unpaired) electrons. The van der Waals surface area contributed by atoms with Gasteiger partial charge in [0, 0.05) is 5.69 Å². The molecule has 3 aromatic carbocycles. The minimum Gasteiger partial charge on any atom is -0.496 e. The number of para-hydroxylation sites is 1. The van der Waals surface area contributed by atoms with E-state index in [9.17, 15) is 13.2 Å². The lowest BCUT2D eigenvalue weighted by Gasteiger charge is -2.10. The van der Waals surface area contributed by atoms with E-state index in [1.807, 2.05) is 0 Å². The van der Waals surface area contributed by atoms with Crippen LogP contribution in [-0.2, 0) is 15.6 Å². The van der Waals surface area contributed by atoms with E-state index in [0.29, 0.717) is 22.6 Å². The summed E-state index contributed by atoms with van der Waals surface area (Å²) in [6, 6.07) is 22.0. The largest absolute Gasteiger partial charge is 0.496 e. The molecule has 0 saturated carbocycles. The Kier molecular flexibility index (Phi) is 5.57. The van der Waals surface area contributed by atoms with Gasteiger partial charge in [0.05, 0.1) is 23.3 Å². The van der Waals surface area contributed by atoms with Crippen LogP contribution in [0.15, 0.2) is 83.8 Å². The minimum atomic E-state index is -3.45. The van der Waals surface area contributed by atoms with Gasteiger partial charge in [-0.1, -0.05) is 42.5 Å². The van der Waals surface area contributed by atoms with Crippen molar-refractivity contribution in [2.75, 3.05) is 12.4 Å². The summed E-state index contributed by atoms with van der Waals surface area (Å²) in [5.41, 5.74) is 1.52. The fourth-order valence-corrected chi connectivity index (χ4v) is 4.06. The van der Waals surface area contributed by atoms with Crippen molar-refractivity contribution in [2.45, 2.75) is 10.6 Å². The first-order chi connectivity index (χ1) is 13.0. The molecule has 138 valence electrons. The summed E-state index contributed by atoms with van der Waals surface area (Å²) in [5, 5.41) is 2.79. The summed E-state index contributed by atoms with van der Waals surface area (Å²) in [6.07, 6.45) is 0. The SMILES string of the molecule is COc1ccccc1C(=O)Nc1cccc(CS(=O)(=O)c2ccccc2)c1. The molecule has 0 aliphatic heterocycles. The molecule has 0 atom stereocenters. The molecule has 0 aromatic heterocycles. The highest BCUT2D eigenvalue weighted by Gasteiger charge is 2.16. The van der Waals surface area contributed by atoms with Crippen molar-refractivity contribution in [1.82, 2.24) is 0 Å². The summed E-state index contributed by atoms with van der Waals surface area (Å²) in [4.78, 5) is 12.8. The molecule has 1 N–H and O–H groups in total. The number of carbonyl (C=O) groups excluding carboxylic acids is 1. The highest BCUT2D eigenvalue weighted by Crippen LogP contribution is 2.21. The molecule has 0 aliphatic carbocycles. The lowest BCUT2D eigenvalue weighted by molar-refractivity contribution is 0.102. The molecule has 5 nitrogen and oxygen atoms in total. The van der Waals surface area contributed by atoms with E-state index >= 15 is 0 Å². The van der Waals surface area contributed by atoms with E-state index in [1.165, 1.54) is 7.11 Å². The monoisotopic (exact) mass is 381 g/mol. The molecule has 1 amide bonds.